The molecule has 1 rings (SSSR count). The summed E-state index contributed by atoms with van der Waals surface area (Å²) in [4.78, 5) is 55.9. The second-order valence-corrected chi connectivity index (χ2v) is 7.30. The monoisotopic (exact) mass is 470 g/mol. The molecule has 3 atom stereocenters. The summed E-state index contributed by atoms with van der Waals surface area (Å²) in [6, 6.07) is 1.06. The number of aliphatic hydroxyl groups excluding tert-OH is 1. The van der Waals surface area contributed by atoms with Crippen molar-refractivity contribution < 1.29 is 47.4 Å². The first-order valence-electron chi connectivity index (χ1n) is 8.80. The Morgan fingerprint density at radius 2 is 2.06 bits per heavy atom. The number of ether oxygens (including phenoxy) is 2. The number of aliphatic hydroxyl groups is 1. The third-order valence-electron chi connectivity index (χ3n) is 3.49. The Balaban J connectivity index is 2.69. The molecule has 0 fully saturated rings. The second-order valence-electron chi connectivity index (χ2n) is 6.06. The van der Waals surface area contributed by atoms with Crippen LogP contribution in [0.1, 0.15) is 19.8 Å². The highest BCUT2D eigenvalue weighted by molar-refractivity contribution is 7.46. The van der Waals surface area contributed by atoms with Crippen LogP contribution in [0, 0.1) is 0 Å². The minimum atomic E-state index is -4.89. The molecule has 1 aromatic heterocycles. The van der Waals surface area contributed by atoms with Gasteiger partial charge in [0.2, 0.25) is 0 Å². The van der Waals surface area contributed by atoms with E-state index in [-0.39, 0.29) is 12.2 Å². The van der Waals surface area contributed by atoms with Crippen molar-refractivity contribution in [1.29, 1.82) is 0 Å². The number of anilines is 1. The molecule has 5 N–H and O–H groups in total. The summed E-state index contributed by atoms with van der Waals surface area (Å²) in [7, 11) is -3.25. The highest BCUT2D eigenvalue weighted by Gasteiger charge is 2.26. The van der Waals surface area contributed by atoms with Gasteiger partial charge in [-0.3, -0.25) is 14.1 Å². The molecule has 0 bridgehead atoms. The molecular formula is C15H24FN4O10P. The number of rotatable bonds is 13. The van der Waals surface area contributed by atoms with Gasteiger partial charge in [-0.15, -0.1) is 0 Å². The number of halogens is 1. The minimum Gasteiger partial charge on any atom is -0.456 e. The minimum absolute atomic E-state index is 0.0581. The number of esters is 1. The van der Waals surface area contributed by atoms with Gasteiger partial charge >= 0.3 is 19.5 Å². The first-order chi connectivity index (χ1) is 14.4. The third kappa shape index (κ3) is 10.5. The lowest BCUT2D eigenvalue weighted by Gasteiger charge is -2.23. The van der Waals surface area contributed by atoms with Crippen LogP contribution >= 0.6 is 7.82 Å². The van der Waals surface area contributed by atoms with E-state index in [1.807, 2.05) is 0 Å². The summed E-state index contributed by atoms with van der Waals surface area (Å²) in [5.41, 5.74) is -1.18. The average Bonchev–Trinajstić information content (AvgIpc) is 2.66. The normalized spacial score (nSPS) is 14.5. The van der Waals surface area contributed by atoms with Crippen LogP contribution in [0.15, 0.2) is 17.1 Å². The maximum atomic E-state index is 14.3. The van der Waals surface area contributed by atoms with Crippen molar-refractivity contribution in [2.75, 3.05) is 32.1 Å². The van der Waals surface area contributed by atoms with E-state index >= 15 is 0 Å². The topological polar surface area (TPSA) is 199 Å². The lowest BCUT2D eigenvalue weighted by Crippen LogP contribution is -2.36. The molecule has 14 nitrogen and oxygen atoms in total. The van der Waals surface area contributed by atoms with Gasteiger partial charge in [-0.25, -0.2) is 13.9 Å². The molecule has 0 radical (unpaired) electrons. The summed E-state index contributed by atoms with van der Waals surface area (Å²) in [6.45, 7) is -2.43. The Morgan fingerprint density at radius 1 is 1.39 bits per heavy atom. The predicted octanol–water partition coefficient (Wildman–Crippen LogP) is -1.36. The molecule has 0 aliphatic heterocycles. The molecule has 16 heteroatoms. The van der Waals surface area contributed by atoms with Crippen LogP contribution in [-0.2, 0) is 28.2 Å². The Kier molecular flexibility index (Phi) is 10.8. The van der Waals surface area contributed by atoms with Crippen LogP contribution in [0.4, 0.5) is 10.2 Å². The van der Waals surface area contributed by atoms with Gasteiger partial charge in [0.05, 0.1) is 19.1 Å². The average molecular weight is 470 g/mol. The molecule has 0 aliphatic rings. The van der Waals surface area contributed by atoms with Crippen LogP contribution in [0.25, 0.3) is 0 Å². The zero-order chi connectivity index (χ0) is 23.6. The van der Waals surface area contributed by atoms with Crippen LogP contribution in [-0.4, -0.2) is 75.3 Å². The number of hydrogen-bond donors (Lipinski definition) is 5. The number of carbonyl (C=O) groups is 2. The van der Waals surface area contributed by atoms with Gasteiger partial charge in [0.1, 0.15) is 11.9 Å². The van der Waals surface area contributed by atoms with Crippen molar-refractivity contribution in [3.8, 4) is 0 Å². The Bertz CT molecular complexity index is 845. The van der Waals surface area contributed by atoms with E-state index < -0.39 is 57.3 Å². The lowest BCUT2D eigenvalue weighted by atomic mass is 10.2. The van der Waals surface area contributed by atoms with Crippen LogP contribution in [0.3, 0.4) is 0 Å². The molecule has 0 saturated carbocycles. The number of amides is 1. The molecule has 176 valence electrons. The van der Waals surface area contributed by atoms with E-state index in [0.29, 0.717) is 11.1 Å². The molecule has 1 amide bonds. The fourth-order valence-corrected chi connectivity index (χ4v) is 2.27. The van der Waals surface area contributed by atoms with Gasteiger partial charge in [0, 0.05) is 12.7 Å². The van der Waals surface area contributed by atoms with Gasteiger partial charge in [0.25, 0.3) is 12.4 Å². The van der Waals surface area contributed by atoms with Crippen molar-refractivity contribution in [3.05, 3.63) is 22.7 Å². The van der Waals surface area contributed by atoms with Gasteiger partial charge in [0.15, 0.2) is 6.61 Å². The van der Waals surface area contributed by atoms with Crippen molar-refractivity contribution in [3.63, 3.8) is 0 Å². The standard InChI is InChI=1S/C15H24FN4O10P/c1-9(21)10(7-29-31(25,26)27)30-14(16)20-6-4-11(19-15(20)24)18-12(22)8-28-13(23)3-5-17-2/h4,6,9-10,14,17,21H,3,5,7-8H2,1-2H3,(H2,25,26,27)(H,18,19,22,24). The number of aromatic nitrogens is 2. The van der Waals surface area contributed by atoms with Gasteiger partial charge in [-0.1, -0.05) is 0 Å². The SMILES string of the molecule is CNCCC(=O)OCC(=O)Nc1ccn(C(F)OC(COP(=O)(O)O)C(C)O)c(=O)n1. The Morgan fingerprint density at radius 3 is 2.61 bits per heavy atom. The molecule has 0 aromatic carbocycles. The van der Waals surface area contributed by atoms with Crippen molar-refractivity contribution in [2.24, 2.45) is 0 Å². The van der Waals surface area contributed by atoms with E-state index in [1.54, 1.807) is 7.05 Å². The zero-order valence-electron chi connectivity index (χ0n) is 16.6. The predicted molar refractivity (Wildman–Crippen MR) is 101 cm³/mol. The fraction of sp³-hybridized carbons (Fsp3) is 0.600. The number of nitrogens with zero attached hydrogens (tertiary/aromatic N) is 2. The molecule has 31 heavy (non-hydrogen) atoms. The third-order valence-corrected chi connectivity index (χ3v) is 3.98. The van der Waals surface area contributed by atoms with E-state index in [0.717, 1.165) is 19.2 Å². The lowest BCUT2D eigenvalue weighted by molar-refractivity contribution is -0.173. The zero-order valence-corrected chi connectivity index (χ0v) is 17.5. The quantitative estimate of drug-likeness (QED) is 0.168. The number of nitrogens with one attached hydrogen (secondary N) is 2. The summed E-state index contributed by atoms with van der Waals surface area (Å²) < 4.78 is 39.1. The number of phosphoric ester groups is 1. The largest absolute Gasteiger partial charge is 0.469 e. The van der Waals surface area contributed by atoms with Crippen LogP contribution in [0.5, 0.6) is 0 Å². The number of phosphoric acid groups is 1. The highest BCUT2D eigenvalue weighted by atomic mass is 31.2. The Hall–Kier alpha value is -2.26. The van der Waals surface area contributed by atoms with Crippen molar-refractivity contribution in [2.45, 2.75) is 32.0 Å². The van der Waals surface area contributed by atoms with Crippen LogP contribution < -0.4 is 16.3 Å². The summed E-state index contributed by atoms with van der Waals surface area (Å²) in [5, 5.41) is 14.5. The van der Waals surface area contributed by atoms with Crippen molar-refractivity contribution in [1.82, 2.24) is 14.9 Å². The second kappa shape index (κ2) is 12.6. The van der Waals surface area contributed by atoms with E-state index in [9.17, 15) is 28.4 Å². The van der Waals surface area contributed by atoms with E-state index in [4.69, 9.17) is 19.3 Å². The summed E-state index contributed by atoms with van der Waals surface area (Å²) in [6.07, 6.45) is -1.98. The molecule has 1 heterocycles. The van der Waals surface area contributed by atoms with Gasteiger partial charge in [-0.05, 0) is 20.0 Å². The van der Waals surface area contributed by atoms with E-state index in [1.165, 1.54) is 0 Å². The Labute approximate surface area is 175 Å². The molecule has 3 unspecified atom stereocenters. The van der Waals surface area contributed by atoms with Crippen molar-refractivity contribution >= 4 is 25.5 Å². The van der Waals surface area contributed by atoms with Gasteiger partial charge < -0.3 is 35.0 Å². The highest BCUT2D eigenvalue weighted by Crippen LogP contribution is 2.36. The number of alkyl halides is 1. The first-order valence-corrected chi connectivity index (χ1v) is 10.3. The number of hydrogen-bond acceptors (Lipinski definition) is 10. The molecule has 0 aliphatic carbocycles. The van der Waals surface area contributed by atoms with E-state index in [2.05, 4.69) is 20.1 Å². The molecular weight excluding hydrogens is 446 g/mol. The molecule has 0 saturated heterocycles. The van der Waals surface area contributed by atoms with Crippen LogP contribution in [0.2, 0.25) is 0 Å². The first kappa shape index (κ1) is 26.8. The number of carbonyl (C=O) groups excluding carboxylic acids is 2. The smallest absolute Gasteiger partial charge is 0.456 e. The fourth-order valence-electron chi connectivity index (χ4n) is 1.93. The summed E-state index contributed by atoms with van der Waals surface area (Å²) in [5.74, 6) is -1.64. The molecule has 0 spiro atoms. The van der Waals surface area contributed by atoms with Gasteiger partial charge in [-0.2, -0.15) is 9.37 Å². The summed E-state index contributed by atoms with van der Waals surface area (Å²) >= 11 is 0. The maximum Gasteiger partial charge on any atom is 0.469 e. The maximum absolute atomic E-state index is 14.3. The molecule has 1 aromatic rings.